The van der Waals surface area contributed by atoms with Gasteiger partial charge in [-0.3, -0.25) is 9.48 Å². The van der Waals surface area contributed by atoms with Crippen LogP contribution >= 0.6 is 0 Å². The highest BCUT2D eigenvalue weighted by atomic mass is 16.1. The Labute approximate surface area is 112 Å². The molecule has 0 fully saturated rings. The number of benzene rings is 1. The third-order valence-electron chi connectivity index (χ3n) is 3.47. The Morgan fingerprint density at radius 3 is 3.00 bits per heavy atom. The second-order valence-corrected chi connectivity index (χ2v) is 5.13. The second-order valence-electron chi connectivity index (χ2n) is 5.13. The number of fused-ring (bicyclic) bond motifs is 1. The minimum Gasteiger partial charge on any atom is -0.384 e. The third-order valence-corrected chi connectivity index (χ3v) is 3.47. The molecule has 0 saturated heterocycles. The lowest BCUT2D eigenvalue weighted by Gasteiger charge is -2.10. The van der Waals surface area contributed by atoms with Gasteiger partial charge in [-0.25, -0.2) is 0 Å². The Morgan fingerprint density at radius 2 is 2.21 bits per heavy atom. The average Bonchev–Trinajstić information content (AvgIpc) is 3.05. The molecule has 4 heteroatoms. The molecule has 0 atom stereocenters. The number of carbonyl (C=O) groups excluding carboxylic acids is 1. The monoisotopic (exact) mass is 255 g/mol. The van der Waals surface area contributed by atoms with Crippen LogP contribution in [0.15, 0.2) is 30.5 Å². The lowest BCUT2D eigenvalue weighted by molar-refractivity contribution is 0.102. The van der Waals surface area contributed by atoms with Gasteiger partial charge in [-0.15, -0.1) is 0 Å². The Balaban J connectivity index is 1.98. The summed E-state index contributed by atoms with van der Waals surface area (Å²) in [6.45, 7) is 5.00. The first-order chi connectivity index (χ1) is 9.16. The minimum atomic E-state index is 0.0303. The van der Waals surface area contributed by atoms with E-state index in [0.717, 1.165) is 24.2 Å². The van der Waals surface area contributed by atoms with Crippen LogP contribution in [-0.4, -0.2) is 22.1 Å². The van der Waals surface area contributed by atoms with Crippen LogP contribution in [0.2, 0.25) is 0 Å². The summed E-state index contributed by atoms with van der Waals surface area (Å²) in [7, 11) is 0. The van der Waals surface area contributed by atoms with Crippen LogP contribution in [0.25, 0.3) is 0 Å². The Bertz CT molecular complexity index is 628. The first-order valence-electron chi connectivity index (χ1n) is 6.62. The van der Waals surface area contributed by atoms with Crippen molar-refractivity contribution < 1.29 is 4.79 Å². The smallest absolute Gasteiger partial charge is 0.211 e. The summed E-state index contributed by atoms with van der Waals surface area (Å²) in [6, 6.07) is 7.86. The van der Waals surface area contributed by atoms with Crippen molar-refractivity contribution in [1.29, 1.82) is 0 Å². The quantitative estimate of drug-likeness (QED) is 0.858. The normalized spacial score (nSPS) is 13.4. The molecule has 4 nitrogen and oxygen atoms in total. The highest BCUT2D eigenvalue weighted by Crippen LogP contribution is 2.24. The molecule has 0 bridgehead atoms. The van der Waals surface area contributed by atoms with Crippen LogP contribution in [0.5, 0.6) is 0 Å². The molecule has 1 N–H and O–H groups in total. The minimum absolute atomic E-state index is 0.0303. The number of hydrogen-bond acceptors (Lipinski definition) is 3. The van der Waals surface area contributed by atoms with Crippen LogP contribution in [-0.2, 0) is 6.42 Å². The largest absolute Gasteiger partial charge is 0.384 e. The van der Waals surface area contributed by atoms with E-state index in [-0.39, 0.29) is 11.8 Å². The number of ketones is 1. The highest BCUT2D eigenvalue weighted by Gasteiger charge is 2.18. The fourth-order valence-electron chi connectivity index (χ4n) is 2.49. The first kappa shape index (κ1) is 12.0. The lowest BCUT2D eigenvalue weighted by atomic mass is 10.0. The van der Waals surface area contributed by atoms with Gasteiger partial charge in [0.1, 0.15) is 5.69 Å². The van der Waals surface area contributed by atoms with Crippen LogP contribution in [0.4, 0.5) is 5.69 Å². The molecule has 0 radical (unpaired) electrons. The van der Waals surface area contributed by atoms with Gasteiger partial charge >= 0.3 is 0 Å². The number of nitrogens with one attached hydrogen (secondary N) is 1. The van der Waals surface area contributed by atoms with Gasteiger partial charge in [-0.2, -0.15) is 5.10 Å². The van der Waals surface area contributed by atoms with E-state index in [1.165, 1.54) is 5.56 Å². The number of rotatable bonds is 3. The van der Waals surface area contributed by atoms with Crippen molar-refractivity contribution in [1.82, 2.24) is 9.78 Å². The zero-order valence-electron chi connectivity index (χ0n) is 11.2. The average molecular weight is 255 g/mol. The van der Waals surface area contributed by atoms with Gasteiger partial charge in [0.15, 0.2) is 0 Å². The summed E-state index contributed by atoms with van der Waals surface area (Å²) in [6.07, 6.45) is 2.71. The predicted octanol–water partition coefficient (Wildman–Crippen LogP) is 2.66. The van der Waals surface area contributed by atoms with Gasteiger partial charge in [0.05, 0.1) is 0 Å². The summed E-state index contributed by atoms with van der Waals surface area (Å²) in [5, 5.41) is 7.52. The molecular weight excluding hydrogens is 238 g/mol. The summed E-state index contributed by atoms with van der Waals surface area (Å²) >= 11 is 0. The standard InChI is InChI=1S/C15H17N3O/c1-10(2)18-14(6-8-17-18)15(19)12-4-3-11-5-7-16-13(11)9-12/h3-4,6,8-10,16H,5,7H2,1-2H3. The van der Waals surface area contributed by atoms with Crippen molar-refractivity contribution in [2.75, 3.05) is 11.9 Å². The Hall–Kier alpha value is -2.10. The van der Waals surface area contributed by atoms with Crippen LogP contribution in [0.3, 0.4) is 0 Å². The molecule has 0 amide bonds. The molecule has 0 saturated carbocycles. The van der Waals surface area contributed by atoms with E-state index in [1.54, 1.807) is 16.9 Å². The maximum Gasteiger partial charge on any atom is 0.211 e. The van der Waals surface area contributed by atoms with Crippen LogP contribution in [0, 0.1) is 0 Å². The number of aromatic nitrogens is 2. The van der Waals surface area contributed by atoms with Crippen molar-refractivity contribution in [3.63, 3.8) is 0 Å². The summed E-state index contributed by atoms with van der Waals surface area (Å²) in [4.78, 5) is 12.5. The zero-order valence-corrected chi connectivity index (χ0v) is 11.2. The van der Waals surface area contributed by atoms with E-state index >= 15 is 0 Å². The van der Waals surface area contributed by atoms with Crippen LogP contribution < -0.4 is 5.32 Å². The third kappa shape index (κ3) is 2.03. The van der Waals surface area contributed by atoms with E-state index in [0.29, 0.717) is 5.69 Å². The summed E-state index contributed by atoms with van der Waals surface area (Å²) in [5.41, 5.74) is 3.74. The molecular formula is C15H17N3O. The summed E-state index contributed by atoms with van der Waals surface area (Å²) in [5.74, 6) is 0.0303. The Kier molecular flexibility index (Phi) is 2.85. The predicted molar refractivity (Wildman–Crippen MR) is 74.7 cm³/mol. The summed E-state index contributed by atoms with van der Waals surface area (Å²) < 4.78 is 1.77. The maximum absolute atomic E-state index is 12.5. The molecule has 1 aliphatic heterocycles. The molecule has 2 aromatic rings. The van der Waals surface area contributed by atoms with E-state index in [9.17, 15) is 4.79 Å². The lowest BCUT2D eigenvalue weighted by Crippen LogP contribution is -2.13. The van der Waals surface area contributed by atoms with Crippen molar-refractivity contribution in [2.24, 2.45) is 0 Å². The SMILES string of the molecule is CC(C)n1nccc1C(=O)c1ccc2c(c1)NCC2. The van der Waals surface area contributed by atoms with Gasteiger partial charge in [0, 0.05) is 30.0 Å². The van der Waals surface area contributed by atoms with Gasteiger partial charge < -0.3 is 5.32 Å². The molecule has 0 aliphatic carbocycles. The van der Waals surface area contributed by atoms with Crippen LogP contribution in [0.1, 0.15) is 41.5 Å². The van der Waals surface area contributed by atoms with Crippen molar-refractivity contribution in [3.8, 4) is 0 Å². The van der Waals surface area contributed by atoms with E-state index in [1.807, 2.05) is 32.0 Å². The fourth-order valence-corrected chi connectivity index (χ4v) is 2.49. The van der Waals surface area contributed by atoms with Gasteiger partial charge in [-0.05, 0) is 38.0 Å². The number of hydrogen-bond donors (Lipinski definition) is 1. The van der Waals surface area contributed by atoms with E-state index in [2.05, 4.69) is 10.4 Å². The van der Waals surface area contributed by atoms with Gasteiger partial charge in [-0.1, -0.05) is 12.1 Å². The maximum atomic E-state index is 12.5. The van der Waals surface area contributed by atoms with E-state index in [4.69, 9.17) is 0 Å². The molecule has 98 valence electrons. The highest BCUT2D eigenvalue weighted by molar-refractivity contribution is 6.08. The molecule has 3 rings (SSSR count). The second kappa shape index (κ2) is 4.53. The van der Waals surface area contributed by atoms with Crippen molar-refractivity contribution >= 4 is 11.5 Å². The van der Waals surface area contributed by atoms with Crippen molar-refractivity contribution in [3.05, 3.63) is 47.3 Å². The molecule has 0 unspecified atom stereocenters. The number of nitrogens with zero attached hydrogens (tertiary/aromatic N) is 2. The molecule has 19 heavy (non-hydrogen) atoms. The topological polar surface area (TPSA) is 46.9 Å². The molecule has 2 heterocycles. The number of anilines is 1. The first-order valence-corrected chi connectivity index (χ1v) is 6.62. The molecule has 1 aromatic heterocycles. The molecule has 0 spiro atoms. The molecule has 1 aliphatic rings. The van der Waals surface area contributed by atoms with E-state index < -0.39 is 0 Å². The Morgan fingerprint density at radius 1 is 1.37 bits per heavy atom. The van der Waals surface area contributed by atoms with Gasteiger partial charge in [0.2, 0.25) is 5.78 Å². The molecule has 1 aromatic carbocycles. The van der Waals surface area contributed by atoms with Crippen molar-refractivity contribution in [2.45, 2.75) is 26.3 Å². The van der Waals surface area contributed by atoms with Gasteiger partial charge in [0.25, 0.3) is 0 Å². The fraction of sp³-hybridized carbons (Fsp3) is 0.333. The number of carbonyl (C=O) groups is 1. The zero-order chi connectivity index (χ0) is 13.4.